The second-order valence-electron chi connectivity index (χ2n) is 5.61. The number of rotatable bonds is 7. The van der Waals surface area contributed by atoms with E-state index in [1.807, 2.05) is 36.3 Å². The van der Waals surface area contributed by atoms with Crippen LogP contribution >= 0.6 is 11.6 Å². The van der Waals surface area contributed by atoms with Gasteiger partial charge in [-0.25, -0.2) is 4.98 Å². The van der Waals surface area contributed by atoms with E-state index in [2.05, 4.69) is 24.1 Å². The van der Waals surface area contributed by atoms with Gasteiger partial charge in [0.1, 0.15) is 11.6 Å². The number of hydrogen-bond donors (Lipinski definition) is 1. The number of hydrogen-bond acceptors (Lipinski definition) is 4. The standard InChI is InChI=1S/C16H22ClN3O/c1-12(2)8-18-9-13-7-15(17)16(19-10-13)20(3)11-14-5-4-6-21-14/h4-7,10,12,18H,8-9,11H2,1-3H3. The summed E-state index contributed by atoms with van der Waals surface area (Å²) in [5, 5.41) is 4.05. The van der Waals surface area contributed by atoms with Gasteiger partial charge in [-0.05, 0) is 36.2 Å². The second kappa shape index (κ2) is 7.48. The minimum atomic E-state index is 0.632. The number of aromatic nitrogens is 1. The SMILES string of the molecule is CC(C)CNCc1cnc(N(C)Cc2ccco2)c(Cl)c1. The van der Waals surface area contributed by atoms with Crippen molar-refractivity contribution in [2.45, 2.75) is 26.9 Å². The van der Waals surface area contributed by atoms with Gasteiger partial charge >= 0.3 is 0 Å². The molecule has 0 saturated carbocycles. The Morgan fingerprint density at radius 1 is 1.43 bits per heavy atom. The zero-order valence-corrected chi connectivity index (χ0v) is 13.5. The monoisotopic (exact) mass is 307 g/mol. The molecule has 0 aliphatic carbocycles. The van der Waals surface area contributed by atoms with Crippen molar-refractivity contribution in [3.05, 3.63) is 47.0 Å². The van der Waals surface area contributed by atoms with Crippen LogP contribution in [0.1, 0.15) is 25.2 Å². The molecule has 0 unspecified atom stereocenters. The van der Waals surface area contributed by atoms with Crippen molar-refractivity contribution in [1.29, 1.82) is 0 Å². The summed E-state index contributed by atoms with van der Waals surface area (Å²) >= 11 is 6.34. The van der Waals surface area contributed by atoms with Gasteiger partial charge in [0.15, 0.2) is 0 Å². The Labute approximate surface area is 131 Å². The average Bonchev–Trinajstić information content (AvgIpc) is 2.91. The summed E-state index contributed by atoms with van der Waals surface area (Å²) < 4.78 is 5.34. The molecule has 0 fully saturated rings. The Morgan fingerprint density at radius 3 is 2.86 bits per heavy atom. The van der Waals surface area contributed by atoms with Crippen molar-refractivity contribution in [1.82, 2.24) is 10.3 Å². The predicted octanol–water partition coefficient (Wildman–Crippen LogP) is 3.71. The molecule has 2 aromatic rings. The van der Waals surface area contributed by atoms with Gasteiger partial charge in [-0.1, -0.05) is 25.4 Å². The van der Waals surface area contributed by atoms with Crippen molar-refractivity contribution >= 4 is 17.4 Å². The molecule has 0 atom stereocenters. The van der Waals surface area contributed by atoms with E-state index in [0.717, 1.165) is 30.2 Å². The molecular formula is C16H22ClN3O. The van der Waals surface area contributed by atoms with Gasteiger partial charge < -0.3 is 14.6 Å². The summed E-state index contributed by atoms with van der Waals surface area (Å²) in [6.07, 6.45) is 3.54. The largest absolute Gasteiger partial charge is 0.467 e. The lowest BCUT2D eigenvalue weighted by molar-refractivity contribution is 0.507. The molecule has 2 aromatic heterocycles. The van der Waals surface area contributed by atoms with Crippen LogP contribution in [0, 0.1) is 5.92 Å². The van der Waals surface area contributed by atoms with E-state index in [1.165, 1.54) is 0 Å². The fourth-order valence-corrected chi connectivity index (χ4v) is 2.40. The van der Waals surface area contributed by atoms with Crippen LogP contribution in [0.15, 0.2) is 35.1 Å². The van der Waals surface area contributed by atoms with Gasteiger partial charge in [-0.3, -0.25) is 0 Å². The number of nitrogens with zero attached hydrogens (tertiary/aromatic N) is 2. The maximum atomic E-state index is 6.34. The highest BCUT2D eigenvalue weighted by Crippen LogP contribution is 2.24. The molecule has 0 radical (unpaired) electrons. The van der Waals surface area contributed by atoms with Gasteiger partial charge in [0, 0.05) is 19.8 Å². The number of pyridine rings is 1. The molecule has 4 nitrogen and oxygen atoms in total. The fourth-order valence-electron chi connectivity index (χ4n) is 2.06. The van der Waals surface area contributed by atoms with Crippen molar-refractivity contribution in [2.75, 3.05) is 18.5 Å². The third kappa shape index (κ3) is 4.76. The van der Waals surface area contributed by atoms with E-state index >= 15 is 0 Å². The maximum Gasteiger partial charge on any atom is 0.147 e. The Balaban J connectivity index is 1.98. The van der Waals surface area contributed by atoms with E-state index in [9.17, 15) is 0 Å². The molecule has 0 amide bonds. The molecule has 0 aromatic carbocycles. The van der Waals surface area contributed by atoms with Crippen molar-refractivity contribution < 1.29 is 4.42 Å². The number of furan rings is 1. The second-order valence-corrected chi connectivity index (χ2v) is 6.02. The molecule has 0 saturated heterocycles. The molecule has 0 bridgehead atoms. The third-order valence-corrected chi connectivity index (χ3v) is 3.37. The molecule has 0 spiro atoms. The first-order chi connectivity index (χ1) is 10.1. The fraction of sp³-hybridized carbons (Fsp3) is 0.438. The first-order valence-electron chi connectivity index (χ1n) is 7.15. The highest BCUT2D eigenvalue weighted by Gasteiger charge is 2.10. The Morgan fingerprint density at radius 2 is 2.24 bits per heavy atom. The van der Waals surface area contributed by atoms with Crippen LogP contribution in [0.3, 0.4) is 0 Å². The maximum absolute atomic E-state index is 6.34. The lowest BCUT2D eigenvalue weighted by Gasteiger charge is -2.18. The van der Waals surface area contributed by atoms with E-state index in [4.69, 9.17) is 16.0 Å². The van der Waals surface area contributed by atoms with E-state index in [-0.39, 0.29) is 0 Å². The lowest BCUT2D eigenvalue weighted by atomic mass is 10.2. The molecule has 21 heavy (non-hydrogen) atoms. The highest BCUT2D eigenvalue weighted by molar-refractivity contribution is 6.33. The van der Waals surface area contributed by atoms with E-state index in [0.29, 0.717) is 17.5 Å². The molecule has 2 rings (SSSR count). The van der Waals surface area contributed by atoms with Crippen LogP contribution < -0.4 is 10.2 Å². The van der Waals surface area contributed by atoms with Crippen LogP contribution in [0.5, 0.6) is 0 Å². The van der Waals surface area contributed by atoms with Crippen molar-refractivity contribution in [3.8, 4) is 0 Å². The topological polar surface area (TPSA) is 41.3 Å². The van der Waals surface area contributed by atoms with Gasteiger partial charge in [-0.2, -0.15) is 0 Å². The molecule has 2 heterocycles. The molecular weight excluding hydrogens is 286 g/mol. The number of anilines is 1. The summed E-state index contributed by atoms with van der Waals surface area (Å²) in [6, 6.07) is 5.78. The Hall–Kier alpha value is -1.52. The van der Waals surface area contributed by atoms with Crippen LogP contribution in [-0.4, -0.2) is 18.6 Å². The molecule has 0 aliphatic rings. The third-order valence-electron chi connectivity index (χ3n) is 3.09. The van der Waals surface area contributed by atoms with Gasteiger partial charge in [-0.15, -0.1) is 0 Å². The van der Waals surface area contributed by atoms with Crippen molar-refractivity contribution in [3.63, 3.8) is 0 Å². The first kappa shape index (κ1) is 15.9. The van der Waals surface area contributed by atoms with Crippen molar-refractivity contribution in [2.24, 2.45) is 5.92 Å². The van der Waals surface area contributed by atoms with Crippen LogP contribution in [-0.2, 0) is 13.1 Å². The number of halogens is 1. The lowest BCUT2D eigenvalue weighted by Crippen LogP contribution is -2.20. The molecule has 0 aliphatic heterocycles. The highest BCUT2D eigenvalue weighted by atomic mass is 35.5. The van der Waals surface area contributed by atoms with Gasteiger partial charge in [0.05, 0.1) is 17.8 Å². The minimum Gasteiger partial charge on any atom is -0.467 e. The zero-order valence-electron chi connectivity index (χ0n) is 12.8. The summed E-state index contributed by atoms with van der Waals surface area (Å²) in [5.41, 5.74) is 1.09. The molecule has 1 N–H and O–H groups in total. The molecule has 5 heteroatoms. The van der Waals surface area contributed by atoms with Crippen LogP contribution in [0.25, 0.3) is 0 Å². The van der Waals surface area contributed by atoms with E-state index in [1.54, 1.807) is 6.26 Å². The quantitative estimate of drug-likeness (QED) is 0.846. The summed E-state index contributed by atoms with van der Waals surface area (Å²) in [7, 11) is 1.95. The van der Waals surface area contributed by atoms with Crippen LogP contribution in [0.2, 0.25) is 5.02 Å². The van der Waals surface area contributed by atoms with Gasteiger partial charge in [0.25, 0.3) is 0 Å². The molecule has 114 valence electrons. The predicted molar refractivity (Wildman–Crippen MR) is 86.6 cm³/mol. The summed E-state index contributed by atoms with van der Waals surface area (Å²) in [6.45, 7) is 6.78. The normalized spacial score (nSPS) is 11.1. The minimum absolute atomic E-state index is 0.632. The number of nitrogens with one attached hydrogen (secondary N) is 1. The van der Waals surface area contributed by atoms with E-state index < -0.39 is 0 Å². The summed E-state index contributed by atoms with van der Waals surface area (Å²) in [5.74, 6) is 2.28. The first-order valence-corrected chi connectivity index (χ1v) is 7.52. The smallest absolute Gasteiger partial charge is 0.147 e. The van der Waals surface area contributed by atoms with Crippen LogP contribution in [0.4, 0.5) is 5.82 Å². The average molecular weight is 308 g/mol. The Kier molecular flexibility index (Phi) is 5.65. The zero-order chi connectivity index (χ0) is 15.2. The van der Waals surface area contributed by atoms with Gasteiger partial charge in [0.2, 0.25) is 0 Å². The summed E-state index contributed by atoms with van der Waals surface area (Å²) in [4.78, 5) is 6.45. The Bertz CT molecular complexity index is 555.